The van der Waals surface area contributed by atoms with Crippen molar-refractivity contribution in [2.75, 3.05) is 17.4 Å². The quantitative estimate of drug-likeness (QED) is 0.223. The molecule has 0 aromatic heterocycles. The van der Waals surface area contributed by atoms with Crippen molar-refractivity contribution in [2.24, 2.45) is 15.9 Å². The number of hydrogen-bond donors (Lipinski definition) is 0. The largest absolute Gasteiger partial charge is 0.358 e. The van der Waals surface area contributed by atoms with E-state index < -0.39 is 45.4 Å². The van der Waals surface area contributed by atoms with Gasteiger partial charge in [-0.05, 0) is 79.1 Å². The number of benzene rings is 3. The second-order valence-corrected chi connectivity index (χ2v) is 15.3. The van der Waals surface area contributed by atoms with E-state index in [0.29, 0.717) is 29.4 Å². The number of carbonyl (C=O) groups excluding carboxylic acids is 1. The molecule has 2 aliphatic carbocycles. The summed E-state index contributed by atoms with van der Waals surface area (Å²) in [6.45, 7) is 0.293. The molecule has 0 bridgehead atoms. The predicted molar refractivity (Wildman–Crippen MR) is 178 cm³/mol. The Morgan fingerprint density at radius 3 is 2.37 bits per heavy atom. The van der Waals surface area contributed by atoms with Crippen LogP contribution >= 0.6 is 23.2 Å². The summed E-state index contributed by atoms with van der Waals surface area (Å²) in [5.74, 6) is -0.895. The average molecular weight is 684 g/mol. The van der Waals surface area contributed by atoms with E-state index in [0.717, 1.165) is 29.7 Å². The van der Waals surface area contributed by atoms with E-state index in [-0.39, 0.29) is 30.5 Å². The number of rotatable bonds is 11. The topological polar surface area (TPSA) is 91.6 Å². The number of carbonyl (C=O) groups is 1. The monoisotopic (exact) mass is 682 g/mol. The van der Waals surface area contributed by atoms with Crippen LogP contribution in [0.4, 0.5) is 10.1 Å². The van der Waals surface area contributed by atoms with E-state index >= 15 is 4.39 Å². The van der Waals surface area contributed by atoms with Crippen molar-refractivity contribution in [3.63, 3.8) is 0 Å². The zero-order chi connectivity index (χ0) is 32.0. The number of amides is 1. The van der Waals surface area contributed by atoms with Crippen molar-refractivity contribution in [1.82, 2.24) is 4.90 Å². The van der Waals surface area contributed by atoms with Gasteiger partial charge in [0.1, 0.15) is 24.4 Å². The number of para-hydroxylation sites is 1. The summed E-state index contributed by atoms with van der Waals surface area (Å²) < 4.78 is 51.2. The molecule has 7 rings (SSSR count). The smallest absolute Gasteiger partial charge is 0.253 e. The molecule has 3 aromatic rings. The molecule has 0 unspecified atom stereocenters. The van der Waals surface area contributed by atoms with Crippen LogP contribution < -0.4 is 4.31 Å². The molecule has 3 aromatic carbocycles. The zero-order valence-corrected chi connectivity index (χ0v) is 27.2. The predicted octanol–water partition coefficient (Wildman–Crippen LogP) is 6.79. The standard InChI is InChI=1S/C34H33Cl2FN4O4S/c35-24-12-10-22(11-13-24)32-33(23-4-3-5-25(36)16-23)45-31(17-26-18-38-20-39-26)34(42)41(32)30(21-8-9-21)19-40(46(43,44)27-14-15-27)29-7-2-1-6-28(29)37/h1-7,10-13,16,20-21,27,30-33H,8-9,14-15,17-19H2/t30-,31-,32-,33-/m1/s1. The molecule has 4 aliphatic rings. The number of anilines is 1. The maximum atomic E-state index is 15.4. The first-order chi connectivity index (χ1) is 22.2. The number of nitrogens with zero attached hydrogens (tertiary/aromatic N) is 4. The van der Waals surface area contributed by atoms with Crippen molar-refractivity contribution in [3.8, 4) is 0 Å². The number of sulfonamides is 1. The molecule has 4 atom stereocenters. The summed E-state index contributed by atoms with van der Waals surface area (Å²) in [5, 5.41) is 0.478. The third kappa shape index (κ3) is 6.32. The second-order valence-electron chi connectivity index (χ2n) is 12.3. The minimum atomic E-state index is -3.90. The zero-order valence-electron chi connectivity index (χ0n) is 24.9. The van der Waals surface area contributed by atoms with Crippen molar-refractivity contribution in [3.05, 3.63) is 99.8 Å². The maximum Gasteiger partial charge on any atom is 0.253 e. The van der Waals surface area contributed by atoms with Crippen LogP contribution in [0.5, 0.6) is 0 Å². The van der Waals surface area contributed by atoms with Gasteiger partial charge >= 0.3 is 0 Å². The van der Waals surface area contributed by atoms with Gasteiger partial charge in [-0.2, -0.15) is 0 Å². The Morgan fingerprint density at radius 2 is 1.72 bits per heavy atom. The number of ether oxygens (including phenoxy) is 1. The molecule has 1 saturated heterocycles. The fraction of sp³-hybridized carbons (Fsp3) is 0.382. The molecule has 2 heterocycles. The SMILES string of the molecule is O=C1[C@@H](CC2=NC=NC2)O[C@H](c2cccc(Cl)c2)[C@@H](c2ccc(Cl)cc2)N1[C@H](CN(c1ccccc1F)S(=O)(=O)C1CC1)C1CC1. The molecule has 2 aliphatic heterocycles. The Balaban J connectivity index is 1.37. The van der Waals surface area contributed by atoms with E-state index in [9.17, 15) is 13.2 Å². The van der Waals surface area contributed by atoms with E-state index in [1.54, 1.807) is 24.3 Å². The number of halogens is 3. The summed E-state index contributed by atoms with van der Waals surface area (Å²) >= 11 is 12.8. The Hall–Kier alpha value is -3.31. The van der Waals surface area contributed by atoms with Gasteiger partial charge in [0.2, 0.25) is 10.0 Å². The van der Waals surface area contributed by atoms with Crippen LogP contribution in [-0.2, 0) is 19.6 Å². The van der Waals surface area contributed by atoms with Gasteiger partial charge in [0.25, 0.3) is 5.91 Å². The highest BCUT2D eigenvalue weighted by Crippen LogP contribution is 2.49. The first kappa shape index (κ1) is 31.3. The first-order valence-corrected chi connectivity index (χ1v) is 17.7. The molecule has 3 fully saturated rings. The van der Waals surface area contributed by atoms with Gasteiger partial charge in [-0.3, -0.25) is 14.1 Å². The van der Waals surface area contributed by atoms with Crippen molar-refractivity contribution in [1.29, 1.82) is 0 Å². The highest BCUT2D eigenvalue weighted by Gasteiger charge is 2.52. The number of morpholine rings is 1. The van der Waals surface area contributed by atoms with E-state index in [1.807, 2.05) is 35.2 Å². The van der Waals surface area contributed by atoms with E-state index in [4.69, 9.17) is 27.9 Å². The van der Waals surface area contributed by atoms with Crippen molar-refractivity contribution >= 4 is 56.9 Å². The lowest BCUT2D eigenvalue weighted by atomic mass is 9.88. The highest BCUT2D eigenvalue weighted by molar-refractivity contribution is 7.93. The molecule has 240 valence electrons. The summed E-state index contributed by atoms with van der Waals surface area (Å²) in [4.78, 5) is 25.1. The molecular formula is C34H33Cl2FN4O4S. The molecule has 12 heteroatoms. The molecule has 2 saturated carbocycles. The van der Waals surface area contributed by atoms with Crippen LogP contribution in [0.15, 0.2) is 82.8 Å². The van der Waals surface area contributed by atoms with E-state index in [1.165, 1.54) is 28.8 Å². The highest BCUT2D eigenvalue weighted by atomic mass is 35.5. The number of hydrogen-bond acceptors (Lipinski definition) is 6. The van der Waals surface area contributed by atoms with E-state index in [2.05, 4.69) is 9.98 Å². The second kappa shape index (κ2) is 12.7. The summed E-state index contributed by atoms with van der Waals surface area (Å²) in [6.07, 6.45) is 2.81. The van der Waals surface area contributed by atoms with Gasteiger partial charge < -0.3 is 9.64 Å². The third-order valence-electron chi connectivity index (χ3n) is 9.08. The summed E-state index contributed by atoms with van der Waals surface area (Å²) in [7, 11) is -3.90. The molecule has 8 nitrogen and oxygen atoms in total. The molecule has 0 radical (unpaired) electrons. The maximum absolute atomic E-state index is 15.4. The van der Waals surface area contributed by atoms with Crippen molar-refractivity contribution < 1.29 is 22.3 Å². The van der Waals surface area contributed by atoms with Crippen molar-refractivity contribution in [2.45, 2.75) is 61.6 Å². The van der Waals surface area contributed by atoms with Crippen LogP contribution in [0.2, 0.25) is 10.0 Å². The Morgan fingerprint density at radius 1 is 0.957 bits per heavy atom. The lowest BCUT2D eigenvalue weighted by Crippen LogP contribution is -2.59. The summed E-state index contributed by atoms with van der Waals surface area (Å²) in [5.41, 5.74) is 2.26. The average Bonchev–Trinajstić information content (AvgIpc) is 3.98. The van der Waals surface area contributed by atoms with Crippen LogP contribution in [-0.4, -0.2) is 61.8 Å². The molecule has 0 spiro atoms. The summed E-state index contributed by atoms with van der Waals surface area (Å²) in [6, 6.07) is 19.3. The van der Waals surface area contributed by atoms with Crippen LogP contribution in [0.3, 0.4) is 0 Å². The van der Waals surface area contributed by atoms with Gasteiger partial charge in [0, 0.05) is 22.2 Å². The fourth-order valence-electron chi connectivity index (χ4n) is 6.50. The minimum absolute atomic E-state index is 0.00772. The lowest BCUT2D eigenvalue weighted by Gasteiger charge is -2.49. The normalized spacial score (nSPS) is 23.8. The lowest BCUT2D eigenvalue weighted by molar-refractivity contribution is -0.178. The molecule has 0 N–H and O–H groups in total. The van der Waals surface area contributed by atoms with Gasteiger partial charge in [0.05, 0.1) is 36.1 Å². The van der Waals surface area contributed by atoms with Gasteiger partial charge in [-0.25, -0.2) is 17.8 Å². The van der Waals surface area contributed by atoms with Gasteiger partial charge in [-0.1, -0.05) is 59.6 Å². The first-order valence-electron chi connectivity index (χ1n) is 15.5. The molecular weight excluding hydrogens is 650 g/mol. The van der Waals surface area contributed by atoms with Crippen LogP contribution in [0.25, 0.3) is 0 Å². The number of aliphatic imine (C=N–C) groups is 2. The third-order valence-corrected chi connectivity index (χ3v) is 11.8. The van der Waals surface area contributed by atoms with Gasteiger partial charge in [-0.15, -0.1) is 0 Å². The molecule has 46 heavy (non-hydrogen) atoms. The Labute approximate surface area is 277 Å². The van der Waals surface area contributed by atoms with Gasteiger partial charge in [0.15, 0.2) is 0 Å². The van der Waals surface area contributed by atoms with Crippen LogP contribution in [0, 0.1) is 11.7 Å². The Kier molecular flexibility index (Phi) is 8.65. The fourth-order valence-corrected chi connectivity index (χ4v) is 8.70. The Bertz CT molecular complexity index is 1800. The van der Waals surface area contributed by atoms with Crippen LogP contribution in [0.1, 0.15) is 55.4 Å². The molecule has 1 amide bonds. The minimum Gasteiger partial charge on any atom is -0.358 e.